The summed E-state index contributed by atoms with van der Waals surface area (Å²) in [6.45, 7) is 0.114. The number of hydrogen-bond acceptors (Lipinski definition) is 5. The lowest BCUT2D eigenvalue weighted by atomic mass is 10.0. The fraction of sp³-hybridized carbons (Fsp3) is 0.364. The van der Waals surface area contributed by atoms with Gasteiger partial charge in [0.2, 0.25) is 0 Å². The molecule has 3 N–H and O–H groups in total. The summed E-state index contributed by atoms with van der Waals surface area (Å²) in [4.78, 5) is 11.1. The van der Waals surface area contributed by atoms with Gasteiger partial charge in [-0.05, 0) is 18.1 Å². The first-order chi connectivity index (χ1) is 8.94. The lowest BCUT2D eigenvalue weighted by molar-refractivity contribution is 0.177. The Kier molecular flexibility index (Phi) is 3.63. The van der Waals surface area contributed by atoms with Gasteiger partial charge in [0.1, 0.15) is 0 Å². The van der Waals surface area contributed by atoms with Crippen molar-refractivity contribution >= 4 is 22.0 Å². The van der Waals surface area contributed by atoms with E-state index in [1.54, 1.807) is 12.1 Å². The number of fused-ring (bicyclic) bond motifs is 1. The molecule has 1 aliphatic rings. The Morgan fingerprint density at radius 3 is 2.84 bits per heavy atom. The van der Waals surface area contributed by atoms with Gasteiger partial charge in [-0.15, -0.1) is 0 Å². The molecule has 2 rings (SSSR count). The van der Waals surface area contributed by atoms with Crippen LogP contribution in [0, 0.1) is 0 Å². The lowest BCUT2D eigenvalue weighted by Gasteiger charge is -2.33. The molecule has 1 aromatic rings. The Balaban J connectivity index is 2.37. The number of hydrogen-bond donors (Lipinski definition) is 2. The normalized spacial score (nSPS) is 18.6. The molecule has 1 heterocycles. The number of methoxy groups -OCH3 is 1. The second kappa shape index (κ2) is 5.06. The first-order valence-electron chi connectivity index (χ1n) is 5.66. The SMILES string of the molecule is COC(=O)NS(=O)(=O)N1CC(N)Cc2ccccc21. The fourth-order valence-corrected chi connectivity index (χ4v) is 3.24. The number of anilines is 1. The molecule has 19 heavy (non-hydrogen) atoms. The van der Waals surface area contributed by atoms with Gasteiger partial charge in [-0.3, -0.25) is 4.31 Å². The van der Waals surface area contributed by atoms with E-state index in [0.29, 0.717) is 12.1 Å². The number of para-hydroxylation sites is 1. The largest absolute Gasteiger partial charge is 0.452 e. The summed E-state index contributed by atoms with van der Waals surface area (Å²) in [6, 6.07) is 6.72. The summed E-state index contributed by atoms with van der Waals surface area (Å²) in [5.41, 5.74) is 7.21. The van der Waals surface area contributed by atoms with Crippen LogP contribution in [0.1, 0.15) is 5.56 Å². The molecule has 0 spiro atoms. The molecule has 0 bridgehead atoms. The molecule has 0 aromatic heterocycles. The van der Waals surface area contributed by atoms with Crippen molar-refractivity contribution in [3.8, 4) is 0 Å². The first kappa shape index (κ1) is 13.6. The van der Waals surface area contributed by atoms with Crippen LogP contribution < -0.4 is 14.8 Å². The Morgan fingerprint density at radius 2 is 2.16 bits per heavy atom. The quantitative estimate of drug-likeness (QED) is 0.795. The smallest absolute Gasteiger partial charge is 0.422 e. The van der Waals surface area contributed by atoms with Crippen LogP contribution in [0.25, 0.3) is 0 Å². The minimum absolute atomic E-state index is 0.114. The Bertz CT molecular complexity index is 587. The lowest BCUT2D eigenvalue weighted by Crippen LogP contribution is -2.51. The Hall–Kier alpha value is -1.80. The van der Waals surface area contributed by atoms with E-state index >= 15 is 0 Å². The third-order valence-electron chi connectivity index (χ3n) is 2.83. The zero-order valence-electron chi connectivity index (χ0n) is 10.4. The van der Waals surface area contributed by atoms with E-state index < -0.39 is 16.3 Å². The molecular formula is C11H15N3O4S. The summed E-state index contributed by atoms with van der Waals surface area (Å²) < 4.78 is 31.5. The van der Waals surface area contributed by atoms with Crippen molar-refractivity contribution in [2.24, 2.45) is 5.73 Å². The number of ether oxygens (including phenoxy) is 1. The molecule has 1 amide bonds. The average Bonchev–Trinajstić information content (AvgIpc) is 2.37. The van der Waals surface area contributed by atoms with Crippen LogP contribution >= 0.6 is 0 Å². The number of carbonyl (C=O) groups is 1. The zero-order chi connectivity index (χ0) is 14.0. The van der Waals surface area contributed by atoms with Gasteiger partial charge in [0.15, 0.2) is 0 Å². The summed E-state index contributed by atoms with van der Waals surface area (Å²) >= 11 is 0. The van der Waals surface area contributed by atoms with Crippen molar-refractivity contribution in [2.45, 2.75) is 12.5 Å². The third kappa shape index (κ3) is 2.79. The summed E-state index contributed by atoms with van der Waals surface area (Å²) in [6.07, 6.45) is -0.433. The predicted molar refractivity (Wildman–Crippen MR) is 69.9 cm³/mol. The number of carbonyl (C=O) groups excluding carboxylic acids is 1. The number of nitrogens with one attached hydrogen (secondary N) is 1. The number of benzene rings is 1. The molecule has 0 radical (unpaired) electrons. The fourth-order valence-electron chi connectivity index (χ4n) is 2.01. The van der Waals surface area contributed by atoms with Gasteiger partial charge in [0, 0.05) is 6.04 Å². The Morgan fingerprint density at radius 1 is 1.47 bits per heavy atom. The summed E-state index contributed by atoms with van der Waals surface area (Å²) in [5.74, 6) is 0. The van der Waals surface area contributed by atoms with Crippen molar-refractivity contribution in [1.82, 2.24) is 4.72 Å². The molecular weight excluding hydrogens is 270 g/mol. The molecule has 0 fully saturated rings. The highest BCUT2D eigenvalue weighted by Gasteiger charge is 2.31. The van der Waals surface area contributed by atoms with Gasteiger partial charge in [-0.1, -0.05) is 18.2 Å². The second-order valence-electron chi connectivity index (χ2n) is 4.22. The van der Waals surface area contributed by atoms with Crippen LogP contribution in [0.2, 0.25) is 0 Å². The molecule has 1 atom stereocenters. The molecule has 1 aliphatic heterocycles. The third-order valence-corrected chi connectivity index (χ3v) is 4.18. The van der Waals surface area contributed by atoms with E-state index in [1.165, 1.54) is 0 Å². The summed E-state index contributed by atoms with van der Waals surface area (Å²) in [7, 11) is -2.91. The molecule has 0 saturated carbocycles. The topological polar surface area (TPSA) is 102 Å². The van der Waals surface area contributed by atoms with Crippen molar-refractivity contribution in [3.63, 3.8) is 0 Å². The van der Waals surface area contributed by atoms with Gasteiger partial charge in [-0.25, -0.2) is 9.52 Å². The minimum atomic E-state index is -4.01. The van der Waals surface area contributed by atoms with Gasteiger partial charge in [-0.2, -0.15) is 8.42 Å². The highest BCUT2D eigenvalue weighted by molar-refractivity contribution is 7.91. The van der Waals surface area contributed by atoms with E-state index in [-0.39, 0.29) is 12.6 Å². The number of nitrogens with two attached hydrogens (primary N) is 1. The highest BCUT2D eigenvalue weighted by Crippen LogP contribution is 2.28. The molecule has 1 unspecified atom stereocenters. The maximum absolute atomic E-state index is 12.1. The van der Waals surface area contributed by atoms with E-state index in [2.05, 4.69) is 4.74 Å². The van der Waals surface area contributed by atoms with Crippen LogP contribution in [0.3, 0.4) is 0 Å². The van der Waals surface area contributed by atoms with Crippen LogP contribution in [0.5, 0.6) is 0 Å². The van der Waals surface area contributed by atoms with E-state index in [0.717, 1.165) is 17.0 Å². The van der Waals surface area contributed by atoms with Gasteiger partial charge < -0.3 is 10.5 Å². The molecule has 0 aliphatic carbocycles. The van der Waals surface area contributed by atoms with Crippen LogP contribution in [0.15, 0.2) is 24.3 Å². The highest BCUT2D eigenvalue weighted by atomic mass is 32.2. The average molecular weight is 285 g/mol. The van der Waals surface area contributed by atoms with Crippen LogP contribution in [-0.4, -0.2) is 34.2 Å². The van der Waals surface area contributed by atoms with E-state index in [9.17, 15) is 13.2 Å². The van der Waals surface area contributed by atoms with Crippen LogP contribution in [0.4, 0.5) is 10.5 Å². The standard InChI is InChI=1S/C11H15N3O4S/c1-18-11(15)13-19(16,17)14-7-9(12)6-8-4-2-3-5-10(8)14/h2-5,9H,6-7,12H2,1H3,(H,13,15). The maximum atomic E-state index is 12.1. The van der Waals surface area contributed by atoms with Crippen LogP contribution in [-0.2, 0) is 21.4 Å². The van der Waals surface area contributed by atoms with Crippen molar-refractivity contribution in [3.05, 3.63) is 29.8 Å². The monoisotopic (exact) mass is 285 g/mol. The van der Waals surface area contributed by atoms with Gasteiger partial charge in [0.25, 0.3) is 0 Å². The number of nitrogens with zero attached hydrogens (tertiary/aromatic N) is 1. The number of rotatable bonds is 2. The predicted octanol–water partition coefficient (Wildman–Crippen LogP) is -0.0228. The minimum Gasteiger partial charge on any atom is -0.452 e. The van der Waals surface area contributed by atoms with Gasteiger partial charge >= 0.3 is 16.3 Å². The molecule has 104 valence electrons. The molecule has 1 aromatic carbocycles. The number of amides is 1. The first-order valence-corrected chi connectivity index (χ1v) is 7.10. The molecule has 8 heteroatoms. The Labute approximate surface area is 111 Å². The van der Waals surface area contributed by atoms with E-state index in [4.69, 9.17) is 5.73 Å². The van der Waals surface area contributed by atoms with Gasteiger partial charge in [0.05, 0.1) is 19.3 Å². The maximum Gasteiger partial charge on any atom is 0.422 e. The van der Waals surface area contributed by atoms with Crippen molar-refractivity contribution in [2.75, 3.05) is 18.0 Å². The van der Waals surface area contributed by atoms with E-state index in [1.807, 2.05) is 16.9 Å². The molecule has 0 saturated heterocycles. The zero-order valence-corrected chi connectivity index (χ0v) is 11.2. The summed E-state index contributed by atoms with van der Waals surface area (Å²) in [5, 5.41) is 0. The van der Waals surface area contributed by atoms with Crippen molar-refractivity contribution in [1.29, 1.82) is 0 Å². The van der Waals surface area contributed by atoms with Crippen molar-refractivity contribution < 1.29 is 17.9 Å². The second-order valence-corrected chi connectivity index (χ2v) is 5.82. The molecule has 7 nitrogen and oxygen atoms in total.